The van der Waals surface area contributed by atoms with Crippen LogP contribution >= 0.6 is 0 Å². The molecule has 3 heteroatoms. The van der Waals surface area contributed by atoms with Crippen LogP contribution in [0.2, 0.25) is 0 Å². The molecule has 0 spiro atoms. The minimum absolute atomic E-state index is 0.180. The average molecular weight is 285 g/mol. The molecule has 2 rings (SSSR count). The minimum Gasteiger partial charge on any atom is -0.324 e. The normalized spacial score (nSPS) is 18.1. The predicted molar refractivity (Wildman–Crippen MR) is 89.9 cm³/mol. The molecule has 21 heavy (non-hydrogen) atoms. The summed E-state index contributed by atoms with van der Waals surface area (Å²) in [6.07, 6.45) is 9.71. The first-order valence-corrected chi connectivity index (χ1v) is 7.76. The van der Waals surface area contributed by atoms with E-state index in [-0.39, 0.29) is 6.04 Å². The molecule has 1 aromatic rings. The number of hydrogen-bond acceptors (Lipinski definition) is 3. The molecule has 3 N–H and O–H groups in total. The van der Waals surface area contributed by atoms with Gasteiger partial charge in [-0.15, -0.1) is 0 Å². The molecule has 1 aromatic carbocycles. The number of nitrogens with two attached hydrogens (primary N) is 1. The van der Waals surface area contributed by atoms with Gasteiger partial charge in [-0.2, -0.15) is 0 Å². The smallest absolute Gasteiger partial charge is 0.0375 e. The molecule has 0 saturated heterocycles. The largest absolute Gasteiger partial charge is 0.324 e. The Bertz CT molecular complexity index is 488. The van der Waals surface area contributed by atoms with E-state index in [1.807, 2.05) is 0 Å². The van der Waals surface area contributed by atoms with Gasteiger partial charge in [0.1, 0.15) is 0 Å². The SMILES string of the molecule is Cc1ccc(CCCNN(C)CC2=CC(N)CC=C2)cc1. The van der Waals surface area contributed by atoms with Gasteiger partial charge in [0.2, 0.25) is 0 Å². The zero-order chi connectivity index (χ0) is 15.1. The number of likely N-dealkylation sites (N-methyl/N-ethyl adjacent to an activating group) is 1. The predicted octanol–water partition coefficient (Wildman–Crippen LogP) is 2.58. The summed E-state index contributed by atoms with van der Waals surface area (Å²) in [5, 5.41) is 2.14. The van der Waals surface area contributed by atoms with Crippen LogP contribution in [0.1, 0.15) is 24.0 Å². The van der Waals surface area contributed by atoms with E-state index in [1.165, 1.54) is 16.7 Å². The quantitative estimate of drug-likeness (QED) is 0.597. The highest BCUT2D eigenvalue weighted by Crippen LogP contribution is 2.09. The Hall–Kier alpha value is -1.42. The van der Waals surface area contributed by atoms with Gasteiger partial charge in [0, 0.05) is 26.2 Å². The highest BCUT2D eigenvalue weighted by Gasteiger charge is 2.06. The van der Waals surface area contributed by atoms with Crippen molar-refractivity contribution in [1.82, 2.24) is 10.4 Å². The van der Waals surface area contributed by atoms with Crippen LogP contribution in [0.15, 0.2) is 48.1 Å². The molecule has 0 saturated carbocycles. The summed E-state index contributed by atoms with van der Waals surface area (Å²) in [5.74, 6) is 0. The number of hydrazine groups is 1. The average Bonchev–Trinajstić information content (AvgIpc) is 2.45. The summed E-state index contributed by atoms with van der Waals surface area (Å²) in [6, 6.07) is 8.98. The van der Waals surface area contributed by atoms with E-state index in [0.717, 1.165) is 32.4 Å². The van der Waals surface area contributed by atoms with Crippen LogP contribution in [0.25, 0.3) is 0 Å². The third kappa shape index (κ3) is 5.84. The van der Waals surface area contributed by atoms with Crippen molar-refractivity contribution in [1.29, 1.82) is 0 Å². The van der Waals surface area contributed by atoms with Crippen LogP contribution in [0.3, 0.4) is 0 Å². The Kier molecular flexibility index (Phi) is 6.18. The summed E-state index contributed by atoms with van der Waals surface area (Å²) in [6.45, 7) is 4.02. The van der Waals surface area contributed by atoms with E-state index >= 15 is 0 Å². The monoisotopic (exact) mass is 285 g/mol. The summed E-state index contributed by atoms with van der Waals surface area (Å²) in [5.41, 5.74) is 13.4. The van der Waals surface area contributed by atoms with Gasteiger partial charge in [-0.1, -0.05) is 48.1 Å². The fourth-order valence-electron chi connectivity index (χ4n) is 2.53. The van der Waals surface area contributed by atoms with Gasteiger partial charge in [-0.25, -0.2) is 5.01 Å². The second-order valence-corrected chi connectivity index (χ2v) is 5.90. The second-order valence-electron chi connectivity index (χ2n) is 5.90. The van der Waals surface area contributed by atoms with Gasteiger partial charge in [0.25, 0.3) is 0 Å². The van der Waals surface area contributed by atoms with Gasteiger partial charge in [0.15, 0.2) is 0 Å². The van der Waals surface area contributed by atoms with Crippen molar-refractivity contribution < 1.29 is 0 Å². The molecule has 1 aliphatic carbocycles. The van der Waals surface area contributed by atoms with Crippen molar-refractivity contribution in [3.63, 3.8) is 0 Å². The number of hydrogen-bond donors (Lipinski definition) is 2. The molecule has 0 bridgehead atoms. The lowest BCUT2D eigenvalue weighted by molar-refractivity contribution is 0.255. The number of aryl methyl sites for hydroxylation is 2. The molecule has 0 aliphatic heterocycles. The Labute approximate surface area is 128 Å². The molecule has 0 heterocycles. The number of nitrogens with zero attached hydrogens (tertiary/aromatic N) is 1. The van der Waals surface area contributed by atoms with Crippen LogP contribution in [0, 0.1) is 6.92 Å². The highest BCUT2D eigenvalue weighted by atomic mass is 15.5. The van der Waals surface area contributed by atoms with Crippen LogP contribution < -0.4 is 11.2 Å². The van der Waals surface area contributed by atoms with E-state index in [9.17, 15) is 0 Å². The maximum absolute atomic E-state index is 5.93. The standard InChI is InChI=1S/C18H27N3/c1-15-8-10-16(11-9-15)6-4-12-20-21(2)14-17-5-3-7-18(19)13-17/h3,5,8-11,13,18,20H,4,6-7,12,14,19H2,1-2H3. The summed E-state index contributed by atoms with van der Waals surface area (Å²) < 4.78 is 0. The van der Waals surface area contributed by atoms with Crippen molar-refractivity contribution in [3.05, 3.63) is 59.2 Å². The van der Waals surface area contributed by atoms with Crippen LogP contribution in [0.4, 0.5) is 0 Å². The second kappa shape index (κ2) is 8.13. The first-order valence-electron chi connectivity index (χ1n) is 7.76. The Morgan fingerprint density at radius 1 is 1.29 bits per heavy atom. The molecule has 114 valence electrons. The zero-order valence-corrected chi connectivity index (χ0v) is 13.2. The van der Waals surface area contributed by atoms with Gasteiger partial charge < -0.3 is 5.73 Å². The highest BCUT2D eigenvalue weighted by molar-refractivity contribution is 5.26. The molecule has 3 nitrogen and oxygen atoms in total. The fraction of sp³-hybridized carbons (Fsp3) is 0.444. The lowest BCUT2D eigenvalue weighted by Crippen LogP contribution is -2.37. The molecule has 1 atom stereocenters. The van der Waals surface area contributed by atoms with E-state index in [4.69, 9.17) is 5.73 Å². The van der Waals surface area contributed by atoms with Crippen LogP contribution in [-0.4, -0.2) is 31.2 Å². The fourth-order valence-corrected chi connectivity index (χ4v) is 2.53. The zero-order valence-electron chi connectivity index (χ0n) is 13.2. The van der Waals surface area contributed by atoms with Gasteiger partial charge in [-0.3, -0.25) is 5.43 Å². The van der Waals surface area contributed by atoms with Gasteiger partial charge in [0.05, 0.1) is 0 Å². The Balaban J connectivity index is 1.64. The maximum Gasteiger partial charge on any atom is 0.0375 e. The molecule has 0 fully saturated rings. The Morgan fingerprint density at radius 3 is 2.76 bits per heavy atom. The number of nitrogens with one attached hydrogen (secondary N) is 1. The van der Waals surface area contributed by atoms with E-state index < -0.39 is 0 Å². The lowest BCUT2D eigenvalue weighted by atomic mass is 10.0. The summed E-state index contributed by atoms with van der Waals surface area (Å²) in [7, 11) is 2.08. The van der Waals surface area contributed by atoms with Crippen LogP contribution in [0.5, 0.6) is 0 Å². The van der Waals surface area contributed by atoms with Crippen molar-refractivity contribution in [2.75, 3.05) is 20.1 Å². The van der Waals surface area contributed by atoms with Crippen molar-refractivity contribution in [2.45, 2.75) is 32.2 Å². The number of rotatable bonds is 7. The first-order chi connectivity index (χ1) is 10.1. The summed E-state index contributed by atoms with van der Waals surface area (Å²) in [4.78, 5) is 0. The molecule has 0 radical (unpaired) electrons. The van der Waals surface area contributed by atoms with E-state index in [0.29, 0.717) is 0 Å². The number of benzene rings is 1. The van der Waals surface area contributed by atoms with E-state index in [1.54, 1.807) is 0 Å². The topological polar surface area (TPSA) is 41.3 Å². The lowest BCUT2D eigenvalue weighted by Gasteiger charge is -2.21. The molecule has 0 aromatic heterocycles. The molecular weight excluding hydrogens is 258 g/mol. The maximum atomic E-state index is 5.93. The molecule has 1 aliphatic rings. The van der Waals surface area contributed by atoms with E-state index in [2.05, 4.69) is 66.9 Å². The Morgan fingerprint density at radius 2 is 2.05 bits per heavy atom. The first kappa shape index (κ1) is 16.0. The molecule has 0 amide bonds. The summed E-state index contributed by atoms with van der Waals surface area (Å²) >= 11 is 0. The molecular formula is C18H27N3. The van der Waals surface area contributed by atoms with Crippen molar-refractivity contribution in [3.8, 4) is 0 Å². The van der Waals surface area contributed by atoms with Gasteiger partial charge >= 0.3 is 0 Å². The molecule has 1 unspecified atom stereocenters. The van der Waals surface area contributed by atoms with Crippen molar-refractivity contribution in [2.24, 2.45) is 5.73 Å². The minimum atomic E-state index is 0.180. The third-order valence-electron chi connectivity index (χ3n) is 3.73. The van der Waals surface area contributed by atoms with Gasteiger partial charge in [-0.05, 0) is 37.3 Å². The van der Waals surface area contributed by atoms with Crippen LogP contribution in [-0.2, 0) is 6.42 Å². The van der Waals surface area contributed by atoms with Crippen molar-refractivity contribution >= 4 is 0 Å². The third-order valence-corrected chi connectivity index (χ3v) is 3.73.